The molecule has 1 aromatic carbocycles. The van der Waals surface area contributed by atoms with Crippen LogP contribution in [-0.4, -0.2) is 12.6 Å². The maximum Gasteiger partial charge on any atom is 0.174 e. The minimum Gasteiger partial charge on any atom is -0.479 e. The summed E-state index contributed by atoms with van der Waals surface area (Å²) in [6.07, 6.45) is 7.06. The van der Waals surface area contributed by atoms with Crippen LogP contribution in [0.1, 0.15) is 25.3 Å². The van der Waals surface area contributed by atoms with Crippen molar-refractivity contribution in [3.63, 3.8) is 0 Å². The Labute approximate surface area is 109 Å². The second-order valence-corrected chi connectivity index (χ2v) is 3.99. The SMILES string of the molecule is C#CCC(CC)NCc1cccc(OCC#N)c1. The molecular formula is C15H18N2O. The topological polar surface area (TPSA) is 45.0 Å². The zero-order chi connectivity index (χ0) is 13.2. The summed E-state index contributed by atoms with van der Waals surface area (Å²) in [4.78, 5) is 0. The van der Waals surface area contributed by atoms with Gasteiger partial charge in [-0.1, -0.05) is 19.1 Å². The van der Waals surface area contributed by atoms with Crippen LogP contribution < -0.4 is 10.1 Å². The Morgan fingerprint density at radius 1 is 1.50 bits per heavy atom. The van der Waals surface area contributed by atoms with Crippen LogP contribution in [0.5, 0.6) is 5.75 Å². The van der Waals surface area contributed by atoms with Crippen molar-refractivity contribution in [1.29, 1.82) is 5.26 Å². The molecular weight excluding hydrogens is 224 g/mol. The van der Waals surface area contributed by atoms with Gasteiger partial charge in [0.25, 0.3) is 0 Å². The molecule has 3 nitrogen and oxygen atoms in total. The van der Waals surface area contributed by atoms with Crippen LogP contribution in [0.25, 0.3) is 0 Å². The van der Waals surface area contributed by atoms with Gasteiger partial charge in [0.1, 0.15) is 11.8 Å². The molecule has 94 valence electrons. The number of nitrogens with one attached hydrogen (secondary N) is 1. The summed E-state index contributed by atoms with van der Waals surface area (Å²) in [6, 6.07) is 10.0. The first kappa shape index (κ1) is 14.1. The normalized spacial score (nSPS) is 11.3. The number of benzene rings is 1. The van der Waals surface area contributed by atoms with Gasteiger partial charge in [0.15, 0.2) is 6.61 Å². The van der Waals surface area contributed by atoms with Crippen LogP contribution in [0.4, 0.5) is 0 Å². The van der Waals surface area contributed by atoms with Crippen molar-refractivity contribution in [3.8, 4) is 24.2 Å². The van der Waals surface area contributed by atoms with Crippen LogP contribution in [0, 0.1) is 23.7 Å². The maximum absolute atomic E-state index is 8.46. The molecule has 1 aromatic rings. The van der Waals surface area contributed by atoms with Gasteiger partial charge >= 0.3 is 0 Å². The molecule has 1 N–H and O–H groups in total. The summed E-state index contributed by atoms with van der Waals surface area (Å²) < 4.78 is 5.26. The predicted octanol–water partition coefficient (Wildman–Crippen LogP) is 2.48. The lowest BCUT2D eigenvalue weighted by Gasteiger charge is -2.14. The molecule has 0 aliphatic carbocycles. The first-order chi connectivity index (χ1) is 8.80. The number of nitrogens with zero attached hydrogens (tertiary/aromatic N) is 1. The number of hydrogen-bond acceptors (Lipinski definition) is 3. The molecule has 0 saturated heterocycles. The van der Waals surface area contributed by atoms with E-state index in [1.807, 2.05) is 30.3 Å². The van der Waals surface area contributed by atoms with Crippen molar-refractivity contribution in [1.82, 2.24) is 5.32 Å². The Kier molecular flexibility index (Phi) is 6.40. The third-order valence-electron chi connectivity index (χ3n) is 2.65. The second kappa shape index (κ2) is 8.17. The molecule has 0 fully saturated rings. The lowest BCUT2D eigenvalue weighted by atomic mass is 10.1. The number of terminal acetylenes is 1. The monoisotopic (exact) mass is 242 g/mol. The van der Waals surface area contributed by atoms with E-state index in [2.05, 4.69) is 18.2 Å². The van der Waals surface area contributed by atoms with E-state index in [1.54, 1.807) is 0 Å². The van der Waals surface area contributed by atoms with E-state index < -0.39 is 0 Å². The summed E-state index contributed by atoms with van der Waals surface area (Å²) in [5.41, 5.74) is 1.13. The molecule has 0 bridgehead atoms. The van der Waals surface area contributed by atoms with E-state index in [1.165, 1.54) is 0 Å². The van der Waals surface area contributed by atoms with Crippen LogP contribution in [0.15, 0.2) is 24.3 Å². The first-order valence-corrected chi connectivity index (χ1v) is 6.05. The zero-order valence-corrected chi connectivity index (χ0v) is 10.6. The van der Waals surface area contributed by atoms with Gasteiger partial charge in [-0.2, -0.15) is 5.26 Å². The molecule has 1 atom stereocenters. The van der Waals surface area contributed by atoms with Crippen LogP contribution in [0.2, 0.25) is 0 Å². The Bertz CT molecular complexity index is 443. The Morgan fingerprint density at radius 3 is 3.00 bits per heavy atom. The van der Waals surface area contributed by atoms with E-state index in [0.717, 1.165) is 30.7 Å². The highest BCUT2D eigenvalue weighted by atomic mass is 16.5. The van der Waals surface area contributed by atoms with Crippen molar-refractivity contribution in [2.24, 2.45) is 0 Å². The summed E-state index contributed by atoms with van der Waals surface area (Å²) >= 11 is 0. The third-order valence-corrected chi connectivity index (χ3v) is 2.65. The van der Waals surface area contributed by atoms with E-state index in [4.69, 9.17) is 16.4 Å². The number of rotatable bonds is 7. The zero-order valence-electron chi connectivity index (χ0n) is 10.6. The Hall–Kier alpha value is -1.97. The standard InChI is InChI=1S/C15H18N2O/c1-3-6-14(4-2)17-12-13-7-5-8-15(11-13)18-10-9-16/h1,5,7-8,11,14,17H,4,6,10,12H2,2H3. The highest BCUT2D eigenvalue weighted by Gasteiger charge is 2.04. The van der Waals surface area contributed by atoms with Crippen molar-refractivity contribution < 1.29 is 4.74 Å². The van der Waals surface area contributed by atoms with E-state index >= 15 is 0 Å². The van der Waals surface area contributed by atoms with E-state index in [-0.39, 0.29) is 6.61 Å². The van der Waals surface area contributed by atoms with Crippen molar-refractivity contribution in [2.45, 2.75) is 32.4 Å². The van der Waals surface area contributed by atoms with E-state index in [0.29, 0.717) is 6.04 Å². The fourth-order valence-corrected chi connectivity index (χ4v) is 1.63. The fraction of sp³-hybridized carbons (Fsp3) is 0.400. The quantitative estimate of drug-likeness (QED) is 0.747. The Morgan fingerprint density at radius 2 is 2.33 bits per heavy atom. The maximum atomic E-state index is 8.46. The van der Waals surface area contributed by atoms with Crippen LogP contribution in [0.3, 0.4) is 0 Å². The third kappa shape index (κ3) is 4.91. The minimum atomic E-state index is 0.0750. The first-order valence-electron chi connectivity index (χ1n) is 6.05. The van der Waals surface area contributed by atoms with Crippen molar-refractivity contribution in [2.75, 3.05) is 6.61 Å². The minimum absolute atomic E-state index is 0.0750. The lowest BCUT2D eigenvalue weighted by molar-refractivity contribution is 0.367. The molecule has 0 aromatic heterocycles. The average molecular weight is 242 g/mol. The highest BCUT2D eigenvalue weighted by Crippen LogP contribution is 2.13. The van der Waals surface area contributed by atoms with Crippen molar-refractivity contribution in [3.05, 3.63) is 29.8 Å². The lowest BCUT2D eigenvalue weighted by Crippen LogP contribution is -2.27. The largest absolute Gasteiger partial charge is 0.479 e. The van der Waals surface area contributed by atoms with Gasteiger partial charge in [0.2, 0.25) is 0 Å². The number of nitriles is 1. The van der Waals surface area contributed by atoms with Gasteiger partial charge in [-0.05, 0) is 24.1 Å². The van der Waals surface area contributed by atoms with Gasteiger partial charge in [-0.3, -0.25) is 0 Å². The van der Waals surface area contributed by atoms with E-state index in [9.17, 15) is 0 Å². The molecule has 1 rings (SSSR count). The van der Waals surface area contributed by atoms with Gasteiger partial charge in [-0.25, -0.2) is 0 Å². The molecule has 0 saturated carbocycles. The molecule has 0 spiro atoms. The summed E-state index contributed by atoms with van der Waals surface area (Å²) in [5, 5.41) is 11.9. The summed E-state index contributed by atoms with van der Waals surface area (Å²) in [7, 11) is 0. The summed E-state index contributed by atoms with van der Waals surface area (Å²) in [6.45, 7) is 2.94. The molecule has 0 radical (unpaired) electrons. The number of ether oxygens (including phenoxy) is 1. The van der Waals surface area contributed by atoms with Gasteiger partial charge in [-0.15, -0.1) is 12.3 Å². The highest BCUT2D eigenvalue weighted by molar-refractivity contribution is 5.28. The molecule has 0 heterocycles. The number of hydrogen-bond donors (Lipinski definition) is 1. The predicted molar refractivity (Wildman–Crippen MR) is 71.9 cm³/mol. The van der Waals surface area contributed by atoms with Gasteiger partial charge in [0, 0.05) is 19.0 Å². The second-order valence-electron chi connectivity index (χ2n) is 3.99. The smallest absolute Gasteiger partial charge is 0.174 e. The van der Waals surface area contributed by atoms with Crippen molar-refractivity contribution >= 4 is 0 Å². The van der Waals surface area contributed by atoms with Crippen LogP contribution in [-0.2, 0) is 6.54 Å². The molecule has 0 amide bonds. The van der Waals surface area contributed by atoms with Gasteiger partial charge in [0.05, 0.1) is 0 Å². The molecule has 1 unspecified atom stereocenters. The van der Waals surface area contributed by atoms with Crippen LogP contribution >= 0.6 is 0 Å². The molecule has 3 heteroatoms. The van der Waals surface area contributed by atoms with Gasteiger partial charge < -0.3 is 10.1 Å². The summed E-state index contributed by atoms with van der Waals surface area (Å²) in [5.74, 6) is 3.39. The molecule has 0 aliphatic heterocycles. The average Bonchev–Trinajstić information content (AvgIpc) is 2.41. The molecule has 18 heavy (non-hydrogen) atoms. The molecule has 0 aliphatic rings. The fourth-order valence-electron chi connectivity index (χ4n) is 1.63. The Balaban J connectivity index is 2.52.